The van der Waals surface area contributed by atoms with Crippen molar-refractivity contribution in [1.29, 1.82) is 0 Å². The highest BCUT2D eigenvalue weighted by Gasteiger charge is 2.14. The Bertz CT molecular complexity index is 128. The molecule has 0 heterocycles. The molecule has 0 aliphatic carbocycles. The van der Waals surface area contributed by atoms with Crippen molar-refractivity contribution in [2.24, 2.45) is 5.92 Å². The molecule has 92 valence electrons. The molecule has 2 heteroatoms. The van der Waals surface area contributed by atoms with Crippen molar-refractivity contribution >= 4 is 0 Å². The van der Waals surface area contributed by atoms with E-state index in [2.05, 4.69) is 33.0 Å². The number of nitrogens with one attached hydrogen (secondary N) is 1. The Kier molecular flexibility index (Phi) is 10.4. The smallest absolute Gasteiger partial charge is 0.0480 e. The maximum Gasteiger partial charge on any atom is 0.0480 e. The molecule has 2 nitrogen and oxygen atoms in total. The summed E-state index contributed by atoms with van der Waals surface area (Å²) in [6.07, 6.45) is 4.73. The van der Waals surface area contributed by atoms with Gasteiger partial charge in [-0.25, -0.2) is 0 Å². The van der Waals surface area contributed by atoms with E-state index in [-0.39, 0.29) is 0 Å². The Morgan fingerprint density at radius 3 is 2.33 bits per heavy atom. The highest BCUT2D eigenvalue weighted by molar-refractivity contribution is 4.72. The summed E-state index contributed by atoms with van der Waals surface area (Å²) in [5.74, 6) is 0.752. The molecule has 0 aromatic rings. The molecule has 0 aliphatic heterocycles. The van der Waals surface area contributed by atoms with Crippen LogP contribution < -0.4 is 5.32 Å². The van der Waals surface area contributed by atoms with Crippen LogP contribution in [0.4, 0.5) is 0 Å². The minimum atomic E-state index is 0.631. The molecule has 1 N–H and O–H groups in total. The van der Waals surface area contributed by atoms with E-state index in [1.165, 1.54) is 12.8 Å². The van der Waals surface area contributed by atoms with Gasteiger partial charge >= 0.3 is 0 Å². The average molecular weight is 215 g/mol. The van der Waals surface area contributed by atoms with Gasteiger partial charge in [-0.15, -0.1) is 0 Å². The molecule has 0 aromatic heterocycles. The van der Waals surface area contributed by atoms with Crippen LogP contribution in [0.5, 0.6) is 0 Å². The van der Waals surface area contributed by atoms with E-state index in [0.29, 0.717) is 6.04 Å². The van der Waals surface area contributed by atoms with Gasteiger partial charge in [0.2, 0.25) is 0 Å². The summed E-state index contributed by atoms with van der Waals surface area (Å²) in [6, 6.07) is 0.631. The first kappa shape index (κ1) is 14.9. The molecule has 0 aliphatic rings. The van der Waals surface area contributed by atoms with Gasteiger partial charge < -0.3 is 10.1 Å². The molecular weight excluding hydrogens is 186 g/mol. The summed E-state index contributed by atoms with van der Waals surface area (Å²) >= 11 is 0. The third-order valence-electron chi connectivity index (χ3n) is 2.91. The van der Waals surface area contributed by atoms with E-state index in [0.717, 1.165) is 38.5 Å². The minimum absolute atomic E-state index is 0.631. The van der Waals surface area contributed by atoms with Gasteiger partial charge in [-0.2, -0.15) is 0 Å². The molecule has 0 rings (SSSR count). The van der Waals surface area contributed by atoms with Crippen LogP contribution in [0.25, 0.3) is 0 Å². The lowest BCUT2D eigenvalue weighted by Gasteiger charge is -2.24. The largest absolute Gasteiger partial charge is 0.381 e. The van der Waals surface area contributed by atoms with Crippen molar-refractivity contribution in [2.75, 3.05) is 19.8 Å². The van der Waals surface area contributed by atoms with Crippen LogP contribution >= 0.6 is 0 Å². The molecule has 0 spiro atoms. The number of ether oxygens (including phenoxy) is 1. The Morgan fingerprint density at radius 1 is 1.07 bits per heavy atom. The van der Waals surface area contributed by atoms with Crippen LogP contribution in [0.15, 0.2) is 0 Å². The van der Waals surface area contributed by atoms with E-state index in [4.69, 9.17) is 4.74 Å². The van der Waals surface area contributed by atoms with Gasteiger partial charge in [-0.05, 0) is 31.7 Å². The maximum atomic E-state index is 5.55. The predicted molar refractivity (Wildman–Crippen MR) is 67.3 cm³/mol. The van der Waals surface area contributed by atoms with Gasteiger partial charge in [0.05, 0.1) is 0 Å². The van der Waals surface area contributed by atoms with E-state index in [1.54, 1.807) is 0 Å². The summed E-state index contributed by atoms with van der Waals surface area (Å²) in [7, 11) is 0. The molecule has 0 aromatic carbocycles. The fourth-order valence-corrected chi connectivity index (χ4v) is 1.66. The fraction of sp³-hybridized carbons (Fsp3) is 1.00. The molecule has 0 radical (unpaired) electrons. The zero-order valence-electron chi connectivity index (χ0n) is 11.0. The van der Waals surface area contributed by atoms with Crippen LogP contribution in [0.2, 0.25) is 0 Å². The summed E-state index contributed by atoms with van der Waals surface area (Å²) < 4.78 is 5.55. The first-order chi connectivity index (χ1) is 7.26. The lowest BCUT2D eigenvalue weighted by molar-refractivity contribution is 0.118. The molecule has 2 atom stereocenters. The standard InChI is InChI=1S/C13H29NO/c1-5-9-14-13(12(4)7-3)8-11-15-10-6-2/h12-14H,5-11H2,1-4H3. The topological polar surface area (TPSA) is 21.3 Å². The Morgan fingerprint density at radius 2 is 1.80 bits per heavy atom. The van der Waals surface area contributed by atoms with Crippen LogP contribution in [0.3, 0.4) is 0 Å². The normalized spacial score (nSPS) is 15.2. The molecule has 2 unspecified atom stereocenters. The molecule has 0 saturated carbocycles. The fourth-order valence-electron chi connectivity index (χ4n) is 1.66. The first-order valence-corrected chi connectivity index (χ1v) is 6.57. The monoisotopic (exact) mass is 215 g/mol. The lowest BCUT2D eigenvalue weighted by atomic mass is 9.96. The second kappa shape index (κ2) is 10.4. The van der Waals surface area contributed by atoms with Gasteiger partial charge in [0.25, 0.3) is 0 Å². The molecule has 0 saturated heterocycles. The highest BCUT2D eigenvalue weighted by Crippen LogP contribution is 2.11. The van der Waals surface area contributed by atoms with Crippen molar-refractivity contribution < 1.29 is 4.74 Å². The van der Waals surface area contributed by atoms with Gasteiger partial charge in [-0.3, -0.25) is 0 Å². The summed E-state index contributed by atoms with van der Waals surface area (Å²) in [4.78, 5) is 0. The van der Waals surface area contributed by atoms with Crippen molar-refractivity contribution in [2.45, 2.75) is 59.4 Å². The maximum absolute atomic E-state index is 5.55. The number of hydrogen-bond donors (Lipinski definition) is 1. The second-order valence-corrected chi connectivity index (χ2v) is 4.35. The SMILES string of the molecule is CCCNC(CCOCCC)C(C)CC. The molecule has 15 heavy (non-hydrogen) atoms. The number of hydrogen-bond acceptors (Lipinski definition) is 2. The van der Waals surface area contributed by atoms with Crippen LogP contribution in [-0.2, 0) is 4.74 Å². The van der Waals surface area contributed by atoms with E-state index >= 15 is 0 Å². The van der Waals surface area contributed by atoms with Gasteiger partial charge in [0.1, 0.15) is 0 Å². The van der Waals surface area contributed by atoms with Crippen LogP contribution in [0.1, 0.15) is 53.4 Å². The van der Waals surface area contributed by atoms with Gasteiger partial charge in [-0.1, -0.05) is 34.1 Å². The van der Waals surface area contributed by atoms with Crippen LogP contribution in [0, 0.1) is 5.92 Å². The lowest BCUT2D eigenvalue weighted by Crippen LogP contribution is -2.36. The third kappa shape index (κ3) is 7.80. The quantitative estimate of drug-likeness (QED) is 0.565. The zero-order chi connectivity index (χ0) is 11.5. The minimum Gasteiger partial charge on any atom is -0.381 e. The summed E-state index contributed by atoms with van der Waals surface area (Å²) in [5.41, 5.74) is 0. The second-order valence-electron chi connectivity index (χ2n) is 4.35. The first-order valence-electron chi connectivity index (χ1n) is 6.57. The molecule has 0 fully saturated rings. The van der Waals surface area contributed by atoms with Crippen molar-refractivity contribution in [1.82, 2.24) is 5.32 Å². The van der Waals surface area contributed by atoms with Gasteiger partial charge in [0.15, 0.2) is 0 Å². The summed E-state index contributed by atoms with van der Waals surface area (Å²) in [5, 5.41) is 3.62. The van der Waals surface area contributed by atoms with Crippen molar-refractivity contribution in [3.8, 4) is 0 Å². The Balaban J connectivity index is 3.69. The van der Waals surface area contributed by atoms with Crippen molar-refractivity contribution in [3.63, 3.8) is 0 Å². The van der Waals surface area contributed by atoms with E-state index < -0.39 is 0 Å². The molecule has 0 amide bonds. The van der Waals surface area contributed by atoms with E-state index in [9.17, 15) is 0 Å². The highest BCUT2D eigenvalue weighted by atomic mass is 16.5. The third-order valence-corrected chi connectivity index (χ3v) is 2.91. The van der Waals surface area contributed by atoms with Crippen molar-refractivity contribution in [3.05, 3.63) is 0 Å². The van der Waals surface area contributed by atoms with E-state index in [1.807, 2.05) is 0 Å². The molecular formula is C13H29NO. The number of rotatable bonds is 10. The average Bonchev–Trinajstić information content (AvgIpc) is 2.27. The Hall–Kier alpha value is -0.0800. The predicted octanol–water partition coefficient (Wildman–Crippen LogP) is 3.22. The zero-order valence-corrected chi connectivity index (χ0v) is 11.0. The van der Waals surface area contributed by atoms with Crippen LogP contribution in [-0.4, -0.2) is 25.8 Å². The molecule has 0 bridgehead atoms. The summed E-state index contributed by atoms with van der Waals surface area (Å²) in [6.45, 7) is 11.9. The Labute approximate surface area is 95.8 Å². The van der Waals surface area contributed by atoms with Gasteiger partial charge in [0, 0.05) is 19.3 Å².